The van der Waals surface area contributed by atoms with Crippen LogP contribution in [0, 0.1) is 13.8 Å². The number of benzene rings is 1. The van der Waals surface area contributed by atoms with Gasteiger partial charge in [0, 0.05) is 18.8 Å². The van der Waals surface area contributed by atoms with Crippen LogP contribution in [0.15, 0.2) is 12.1 Å². The highest BCUT2D eigenvalue weighted by atomic mass is 16.5. The van der Waals surface area contributed by atoms with Crippen molar-refractivity contribution in [1.29, 1.82) is 0 Å². The van der Waals surface area contributed by atoms with Gasteiger partial charge in [0.15, 0.2) is 0 Å². The minimum absolute atomic E-state index is 0.782. The quantitative estimate of drug-likeness (QED) is 0.728. The lowest BCUT2D eigenvalue weighted by atomic mass is 10.0. The summed E-state index contributed by atoms with van der Waals surface area (Å²) < 4.78 is 5.49. The monoisotopic (exact) mass is 235 g/mol. The SMILES string of the molecule is CCCOCCNc1c(CC)ccc(C)c1C. The largest absolute Gasteiger partial charge is 0.382 e. The fourth-order valence-electron chi connectivity index (χ4n) is 1.91. The van der Waals surface area contributed by atoms with Gasteiger partial charge >= 0.3 is 0 Å². The molecule has 0 unspecified atom stereocenters. The highest BCUT2D eigenvalue weighted by Crippen LogP contribution is 2.24. The molecule has 0 saturated carbocycles. The van der Waals surface area contributed by atoms with Crippen molar-refractivity contribution < 1.29 is 4.74 Å². The van der Waals surface area contributed by atoms with E-state index in [1.807, 2.05) is 0 Å². The van der Waals surface area contributed by atoms with Crippen LogP contribution in [0.25, 0.3) is 0 Å². The highest BCUT2D eigenvalue weighted by Gasteiger charge is 2.05. The molecule has 0 aliphatic carbocycles. The third kappa shape index (κ3) is 4.04. The van der Waals surface area contributed by atoms with Gasteiger partial charge in [0.05, 0.1) is 6.61 Å². The highest BCUT2D eigenvalue weighted by molar-refractivity contribution is 5.59. The Labute approximate surface area is 105 Å². The normalized spacial score (nSPS) is 10.6. The standard InChI is InChI=1S/C15H25NO/c1-5-10-17-11-9-16-15-13(4)12(3)7-8-14(15)6-2/h7-8,16H,5-6,9-11H2,1-4H3. The average molecular weight is 235 g/mol. The maximum atomic E-state index is 5.49. The number of hydrogen-bond donors (Lipinski definition) is 1. The fourth-order valence-corrected chi connectivity index (χ4v) is 1.91. The second-order valence-electron chi connectivity index (χ2n) is 4.43. The van der Waals surface area contributed by atoms with E-state index < -0.39 is 0 Å². The zero-order valence-electron chi connectivity index (χ0n) is 11.6. The Morgan fingerprint density at radius 2 is 1.88 bits per heavy atom. The van der Waals surface area contributed by atoms with Crippen LogP contribution in [-0.2, 0) is 11.2 Å². The van der Waals surface area contributed by atoms with E-state index in [1.165, 1.54) is 22.4 Å². The van der Waals surface area contributed by atoms with Crippen LogP contribution in [-0.4, -0.2) is 19.8 Å². The molecule has 0 aliphatic rings. The van der Waals surface area contributed by atoms with E-state index in [4.69, 9.17) is 4.74 Å². The van der Waals surface area contributed by atoms with Gasteiger partial charge in [0.25, 0.3) is 0 Å². The summed E-state index contributed by atoms with van der Waals surface area (Å²) in [6, 6.07) is 4.42. The van der Waals surface area contributed by atoms with Gasteiger partial charge in [-0.15, -0.1) is 0 Å². The van der Waals surface area contributed by atoms with Gasteiger partial charge in [-0.3, -0.25) is 0 Å². The molecule has 2 nitrogen and oxygen atoms in total. The minimum Gasteiger partial charge on any atom is -0.382 e. The molecule has 0 amide bonds. The molecule has 0 bridgehead atoms. The second kappa shape index (κ2) is 7.33. The first-order valence-electron chi connectivity index (χ1n) is 6.61. The average Bonchev–Trinajstić information content (AvgIpc) is 2.34. The molecule has 2 heteroatoms. The third-order valence-electron chi connectivity index (χ3n) is 3.10. The van der Waals surface area contributed by atoms with Crippen molar-refractivity contribution >= 4 is 5.69 Å². The molecule has 0 aromatic heterocycles. The maximum absolute atomic E-state index is 5.49. The summed E-state index contributed by atoms with van der Waals surface area (Å²) in [6.45, 7) is 11.2. The molecule has 0 atom stereocenters. The van der Waals surface area contributed by atoms with Gasteiger partial charge in [0.2, 0.25) is 0 Å². The van der Waals surface area contributed by atoms with Crippen LogP contribution in [0.4, 0.5) is 5.69 Å². The Bertz CT molecular complexity index is 347. The van der Waals surface area contributed by atoms with Crippen molar-refractivity contribution in [3.8, 4) is 0 Å². The Hall–Kier alpha value is -1.02. The summed E-state index contributed by atoms with van der Waals surface area (Å²) in [6.07, 6.45) is 2.16. The summed E-state index contributed by atoms with van der Waals surface area (Å²) in [4.78, 5) is 0. The zero-order chi connectivity index (χ0) is 12.7. The summed E-state index contributed by atoms with van der Waals surface area (Å²) in [5.41, 5.74) is 5.40. The summed E-state index contributed by atoms with van der Waals surface area (Å²) >= 11 is 0. The van der Waals surface area contributed by atoms with Crippen LogP contribution < -0.4 is 5.32 Å². The van der Waals surface area contributed by atoms with Gasteiger partial charge in [-0.05, 0) is 43.4 Å². The van der Waals surface area contributed by atoms with Crippen LogP contribution in [0.1, 0.15) is 37.0 Å². The lowest BCUT2D eigenvalue weighted by Gasteiger charge is -2.16. The minimum atomic E-state index is 0.782. The van der Waals surface area contributed by atoms with Crippen molar-refractivity contribution in [3.05, 3.63) is 28.8 Å². The van der Waals surface area contributed by atoms with E-state index in [1.54, 1.807) is 0 Å². The van der Waals surface area contributed by atoms with Crippen molar-refractivity contribution in [3.63, 3.8) is 0 Å². The van der Waals surface area contributed by atoms with Gasteiger partial charge < -0.3 is 10.1 Å². The van der Waals surface area contributed by atoms with Crippen LogP contribution in [0.5, 0.6) is 0 Å². The number of anilines is 1. The summed E-state index contributed by atoms with van der Waals surface area (Å²) in [7, 11) is 0. The molecule has 1 rings (SSSR count). The molecule has 1 aromatic carbocycles. The molecule has 0 radical (unpaired) electrons. The van der Waals surface area contributed by atoms with E-state index in [9.17, 15) is 0 Å². The van der Waals surface area contributed by atoms with Crippen molar-refractivity contribution in [2.45, 2.75) is 40.5 Å². The molecular weight excluding hydrogens is 210 g/mol. The number of nitrogens with one attached hydrogen (secondary N) is 1. The van der Waals surface area contributed by atoms with E-state index in [-0.39, 0.29) is 0 Å². The van der Waals surface area contributed by atoms with Crippen molar-refractivity contribution in [2.75, 3.05) is 25.1 Å². The molecule has 0 fully saturated rings. The zero-order valence-corrected chi connectivity index (χ0v) is 11.6. The van der Waals surface area contributed by atoms with Gasteiger partial charge in [-0.2, -0.15) is 0 Å². The maximum Gasteiger partial charge on any atom is 0.0639 e. The van der Waals surface area contributed by atoms with Crippen LogP contribution in [0.3, 0.4) is 0 Å². The molecule has 0 spiro atoms. The van der Waals surface area contributed by atoms with Crippen molar-refractivity contribution in [1.82, 2.24) is 0 Å². The Morgan fingerprint density at radius 1 is 1.12 bits per heavy atom. The van der Waals surface area contributed by atoms with E-state index >= 15 is 0 Å². The van der Waals surface area contributed by atoms with Gasteiger partial charge in [0.1, 0.15) is 0 Å². The first-order chi connectivity index (χ1) is 8.20. The number of ether oxygens (including phenoxy) is 1. The van der Waals surface area contributed by atoms with Crippen molar-refractivity contribution in [2.24, 2.45) is 0 Å². The molecular formula is C15H25NO. The molecule has 0 heterocycles. The molecule has 0 saturated heterocycles. The summed E-state index contributed by atoms with van der Waals surface area (Å²) in [5, 5.41) is 3.51. The smallest absolute Gasteiger partial charge is 0.0639 e. The topological polar surface area (TPSA) is 21.3 Å². The molecule has 1 aromatic rings. The number of rotatable bonds is 7. The predicted octanol–water partition coefficient (Wildman–Crippen LogP) is 3.70. The molecule has 17 heavy (non-hydrogen) atoms. The molecule has 96 valence electrons. The first kappa shape index (κ1) is 14.0. The third-order valence-corrected chi connectivity index (χ3v) is 3.10. The Morgan fingerprint density at radius 3 is 2.53 bits per heavy atom. The van der Waals surface area contributed by atoms with Crippen LogP contribution in [0.2, 0.25) is 0 Å². The van der Waals surface area contributed by atoms with Gasteiger partial charge in [-0.1, -0.05) is 26.0 Å². The van der Waals surface area contributed by atoms with E-state index in [2.05, 4.69) is 45.1 Å². The fraction of sp³-hybridized carbons (Fsp3) is 0.600. The Balaban J connectivity index is 2.59. The number of hydrogen-bond acceptors (Lipinski definition) is 2. The van der Waals surface area contributed by atoms with Gasteiger partial charge in [-0.25, -0.2) is 0 Å². The summed E-state index contributed by atoms with van der Waals surface area (Å²) in [5.74, 6) is 0. The first-order valence-corrected chi connectivity index (χ1v) is 6.61. The van der Waals surface area contributed by atoms with E-state index in [0.717, 1.165) is 32.6 Å². The predicted molar refractivity (Wildman–Crippen MR) is 74.9 cm³/mol. The lowest BCUT2D eigenvalue weighted by Crippen LogP contribution is -2.12. The number of aryl methyl sites for hydroxylation is 2. The second-order valence-corrected chi connectivity index (χ2v) is 4.43. The Kier molecular flexibility index (Phi) is 6.06. The van der Waals surface area contributed by atoms with E-state index in [0.29, 0.717) is 0 Å². The lowest BCUT2D eigenvalue weighted by molar-refractivity contribution is 0.144. The van der Waals surface area contributed by atoms with Crippen LogP contribution >= 0.6 is 0 Å². The molecule has 1 N–H and O–H groups in total. The molecule has 0 aliphatic heterocycles.